The Labute approximate surface area is 233 Å². The first-order valence-corrected chi connectivity index (χ1v) is 13.6. The van der Waals surface area contributed by atoms with E-state index < -0.39 is 23.0 Å². The minimum atomic E-state index is -1.33. The van der Waals surface area contributed by atoms with E-state index in [4.69, 9.17) is 10.7 Å². The van der Waals surface area contributed by atoms with Crippen molar-refractivity contribution in [1.82, 2.24) is 14.5 Å². The number of aryl methyl sites for hydroxylation is 1. The molecule has 4 heterocycles. The average Bonchev–Trinajstić information content (AvgIpc) is 3.38. The van der Waals surface area contributed by atoms with E-state index in [1.807, 2.05) is 0 Å². The molecule has 1 saturated heterocycles. The Morgan fingerprint density at radius 1 is 1.22 bits per heavy atom. The van der Waals surface area contributed by atoms with E-state index in [0.29, 0.717) is 64.5 Å². The Morgan fingerprint density at radius 2 is 2.00 bits per heavy atom. The van der Waals surface area contributed by atoms with Crippen LogP contribution in [0.3, 0.4) is 0 Å². The highest BCUT2D eigenvalue weighted by molar-refractivity contribution is 5.98. The van der Waals surface area contributed by atoms with Crippen LogP contribution in [-0.4, -0.2) is 51.8 Å². The number of nitrogens with zero attached hydrogens (tertiary/aromatic N) is 4. The molecule has 1 aromatic carbocycles. The molecule has 3 aliphatic rings. The van der Waals surface area contributed by atoms with Crippen molar-refractivity contribution in [2.24, 2.45) is 18.2 Å². The summed E-state index contributed by atoms with van der Waals surface area (Å²) in [7, 11) is 3.30. The number of nitrogens with two attached hydrogens (primary N) is 1. The lowest BCUT2D eigenvalue weighted by Gasteiger charge is -2.37. The molecule has 2 atom stereocenters. The first-order valence-electron chi connectivity index (χ1n) is 13.6. The highest BCUT2D eigenvalue weighted by atomic mass is 19.2. The van der Waals surface area contributed by atoms with E-state index in [0.717, 1.165) is 19.3 Å². The van der Waals surface area contributed by atoms with Crippen molar-refractivity contribution in [1.29, 1.82) is 0 Å². The van der Waals surface area contributed by atoms with Crippen molar-refractivity contribution in [3.8, 4) is 22.3 Å². The molecule has 0 amide bonds. The fourth-order valence-electron chi connectivity index (χ4n) is 6.84. The number of benzene rings is 1. The number of hydrogen-bond acceptors (Lipinski definition) is 7. The summed E-state index contributed by atoms with van der Waals surface area (Å²) < 4.78 is 32.0. The number of piperidine rings is 1. The lowest BCUT2D eigenvalue weighted by atomic mass is 9.90. The maximum absolute atomic E-state index is 15.7. The molecule has 41 heavy (non-hydrogen) atoms. The van der Waals surface area contributed by atoms with Gasteiger partial charge in [-0.25, -0.2) is 18.6 Å². The van der Waals surface area contributed by atoms with Crippen molar-refractivity contribution < 1.29 is 18.7 Å². The van der Waals surface area contributed by atoms with Gasteiger partial charge in [0.2, 0.25) is 5.43 Å². The third kappa shape index (κ3) is 3.68. The molecule has 1 spiro atoms. The van der Waals surface area contributed by atoms with Gasteiger partial charge in [-0.05, 0) is 30.9 Å². The molecule has 11 heteroatoms. The summed E-state index contributed by atoms with van der Waals surface area (Å²) in [5.74, 6) is -3.20. The summed E-state index contributed by atoms with van der Waals surface area (Å²) in [5, 5.41) is 12.7. The third-order valence-corrected chi connectivity index (χ3v) is 9.05. The van der Waals surface area contributed by atoms with Crippen LogP contribution < -0.4 is 21.4 Å². The predicted octanol–water partition coefficient (Wildman–Crippen LogP) is 3.90. The molecule has 4 N–H and O–H groups in total. The van der Waals surface area contributed by atoms with Crippen LogP contribution in [0.4, 0.5) is 20.2 Å². The van der Waals surface area contributed by atoms with Gasteiger partial charge in [-0.2, -0.15) is 0 Å². The van der Waals surface area contributed by atoms with Crippen molar-refractivity contribution in [3.63, 3.8) is 0 Å². The van der Waals surface area contributed by atoms with Crippen LogP contribution in [0.2, 0.25) is 0 Å². The number of fused-ring (bicyclic) bond motifs is 4. The quantitative estimate of drug-likeness (QED) is 0.303. The van der Waals surface area contributed by atoms with Gasteiger partial charge in [-0.3, -0.25) is 9.78 Å². The van der Waals surface area contributed by atoms with E-state index >= 15 is 4.39 Å². The molecular formula is C30H28F2N6O3. The SMILES string of the molecule is CNc1cc(F)c(F)c2c1Cc1ncc(-c3cnc4c(c3)c(=O)c(C(=O)O)cn4C)c(N3CCC[C@@]4(C[C@H]4N)C3)c1-2. The number of nitrogens with one attached hydrogen (secondary N) is 1. The van der Waals surface area contributed by atoms with Gasteiger partial charge in [0, 0.05) is 97.7 Å². The Morgan fingerprint density at radius 3 is 2.71 bits per heavy atom. The topological polar surface area (TPSA) is 126 Å². The van der Waals surface area contributed by atoms with Crippen molar-refractivity contribution >= 4 is 28.4 Å². The number of pyridine rings is 3. The van der Waals surface area contributed by atoms with Crippen molar-refractivity contribution in [2.45, 2.75) is 31.7 Å². The molecule has 0 unspecified atom stereocenters. The van der Waals surface area contributed by atoms with Crippen LogP contribution in [0.1, 0.15) is 40.9 Å². The van der Waals surface area contributed by atoms with Gasteiger partial charge in [0.15, 0.2) is 11.6 Å². The summed E-state index contributed by atoms with van der Waals surface area (Å²) in [6.07, 6.45) is 7.68. The second kappa shape index (κ2) is 8.81. The van der Waals surface area contributed by atoms with Gasteiger partial charge in [0.25, 0.3) is 0 Å². The average molecular weight is 559 g/mol. The van der Waals surface area contributed by atoms with Crippen LogP contribution in [0.25, 0.3) is 33.3 Å². The van der Waals surface area contributed by atoms with Gasteiger partial charge < -0.3 is 25.6 Å². The van der Waals surface area contributed by atoms with E-state index in [1.54, 1.807) is 32.6 Å². The second-order valence-corrected chi connectivity index (χ2v) is 11.4. The number of hydrogen-bond donors (Lipinski definition) is 3. The molecule has 2 aliphatic carbocycles. The number of carboxylic acid groups (broad SMARTS) is 1. The molecular weight excluding hydrogens is 530 g/mol. The predicted molar refractivity (Wildman–Crippen MR) is 151 cm³/mol. The zero-order valence-corrected chi connectivity index (χ0v) is 22.6. The molecule has 3 aromatic heterocycles. The smallest absolute Gasteiger partial charge is 0.341 e. The first kappa shape index (κ1) is 25.6. The zero-order chi connectivity index (χ0) is 28.8. The standard InChI is InChI=1S/C30H28F2N6O3/c1-34-20-8-19(31)25(32)23-15(20)7-21-24(23)26(38-5-3-4-30(13-38)9-22(30)33)17(11-35-21)14-6-16-27(39)18(29(40)41)12-37(2)28(16)36-10-14/h6,8,10-12,22,34H,3-5,7,9,13,33H2,1-2H3,(H,40,41)/t22-,30-/m1/s1. The molecule has 2 fully saturated rings. The van der Waals surface area contributed by atoms with E-state index in [2.05, 4.69) is 15.2 Å². The Hall–Kier alpha value is -4.38. The summed E-state index contributed by atoms with van der Waals surface area (Å²) in [6, 6.07) is 2.87. The lowest BCUT2D eigenvalue weighted by Crippen LogP contribution is -2.39. The lowest BCUT2D eigenvalue weighted by molar-refractivity contribution is 0.0695. The van der Waals surface area contributed by atoms with Crippen LogP contribution in [0.15, 0.2) is 35.5 Å². The fourth-order valence-corrected chi connectivity index (χ4v) is 6.84. The van der Waals surface area contributed by atoms with Crippen LogP contribution in [-0.2, 0) is 13.5 Å². The van der Waals surface area contributed by atoms with Gasteiger partial charge in [-0.1, -0.05) is 0 Å². The molecule has 1 saturated carbocycles. The summed E-state index contributed by atoms with van der Waals surface area (Å²) in [6.45, 7) is 1.35. The summed E-state index contributed by atoms with van der Waals surface area (Å²) in [5.41, 5.74) is 9.99. The molecule has 1 aliphatic heterocycles. The number of rotatable bonds is 4. The normalized spacial score (nSPS) is 20.8. The van der Waals surface area contributed by atoms with Gasteiger partial charge in [0.1, 0.15) is 11.2 Å². The van der Waals surface area contributed by atoms with E-state index in [9.17, 15) is 19.1 Å². The molecule has 0 bridgehead atoms. The van der Waals surface area contributed by atoms with Crippen LogP contribution in [0, 0.1) is 17.0 Å². The number of halogens is 2. The highest BCUT2D eigenvalue weighted by Gasteiger charge is 2.54. The Bertz CT molecular complexity index is 1870. The number of anilines is 2. The number of carboxylic acids is 1. The minimum Gasteiger partial charge on any atom is -0.477 e. The van der Waals surface area contributed by atoms with Crippen LogP contribution >= 0.6 is 0 Å². The van der Waals surface area contributed by atoms with Crippen LogP contribution in [0.5, 0.6) is 0 Å². The molecule has 9 nitrogen and oxygen atoms in total. The molecule has 4 aromatic rings. The number of carbonyl (C=O) groups is 1. The maximum atomic E-state index is 15.7. The van der Waals surface area contributed by atoms with Crippen molar-refractivity contribution in [2.75, 3.05) is 30.4 Å². The van der Waals surface area contributed by atoms with Gasteiger partial charge >= 0.3 is 5.97 Å². The van der Waals surface area contributed by atoms with Gasteiger partial charge in [-0.15, -0.1) is 0 Å². The monoisotopic (exact) mass is 558 g/mol. The summed E-state index contributed by atoms with van der Waals surface area (Å²) in [4.78, 5) is 36.3. The highest BCUT2D eigenvalue weighted by Crippen LogP contribution is 2.55. The molecule has 0 radical (unpaired) electrons. The van der Waals surface area contributed by atoms with E-state index in [-0.39, 0.29) is 28.0 Å². The maximum Gasteiger partial charge on any atom is 0.341 e. The first-order chi connectivity index (χ1) is 19.6. The number of aromatic nitrogens is 3. The summed E-state index contributed by atoms with van der Waals surface area (Å²) >= 11 is 0. The largest absolute Gasteiger partial charge is 0.477 e. The Kier molecular flexibility index (Phi) is 5.50. The third-order valence-electron chi connectivity index (χ3n) is 9.05. The van der Waals surface area contributed by atoms with Gasteiger partial charge in [0.05, 0.1) is 16.8 Å². The van der Waals surface area contributed by atoms with Crippen molar-refractivity contribution in [3.05, 3.63) is 69.4 Å². The van der Waals surface area contributed by atoms with E-state index in [1.165, 1.54) is 16.8 Å². The minimum absolute atomic E-state index is 0.0301. The fraction of sp³-hybridized carbons (Fsp3) is 0.333. The molecule has 210 valence electrons. The zero-order valence-electron chi connectivity index (χ0n) is 22.6. The Balaban J connectivity index is 1.51. The number of aromatic carboxylic acids is 1. The molecule has 7 rings (SSSR count). The second-order valence-electron chi connectivity index (χ2n) is 11.4.